The number of amides is 3. The van der Waals surface area contributed by atoms with Gasteiger partial charge in [0.1, 0.15) is 5.52 Å². The zero-order valence-corrected chi connectivity index (χ0v) is 20.7. The molecule has 0 spiro atoms. The number of anilines is 1. The molecular weight excluding hydrogens is 466 g/mol. The van der Waals surface area contributed by atoms with Gasteiger partial charge in [0.25, 0.3) is 5.91 Å². The number of hydrogen-bond acceptors (Lipinski definition) is 5. The number of likely N-dealkylation sites (tertiary alicyclic amines) is 1. The van der Waals surface area contributed by atoms with E-state index in [9.17, 15) is 9.59 Å². The fourth-order valence-corrected chi connectivity index (χ4v) is 4.87. The summed E-state index contributed by atoms with van der Waals surface area (Å²) in [5.74, 6) is 0.688. The Kier molecular flexibility index (Phi) is 6.92. The van der Waals surface area contributed by atoms with E-state index in [2.05, 4.69) is 15.2 Å². The molecule has 35 heavy (non-hydrogen) atoms. The maximum atomic E-state index is 12.8. The van der Waals surface area contributed by atoms with E-state index in [1.54, 1.807) is 4.90 Å². The van der Waals surface area contributed by atoms with Gasteiger partial charge in [-0.3, -0.25) is 9.69 Å². The predicted octanol–water partition coefficient (Wildman–Crippen LogP) is 4.77. The number of aromatic nitrogens is 1. The van der Waals surface area contributed by atoms with Gasteiger partial charge in [-0.05, 0) is 62.1 Å². The Morgan fingerprint density at radius 1 is 1.00 bits per heavy atom. The number of hydrogen-bond donors (Lipinski definition) is 1. The number of halogens is 1. The molecule has 2 saturated heterocycles. The van der Waals surface area contributed by atoms with Crippen LogP contribution in [0.4, 0.5) is 10.5 Å². The Hall–Kier alpha value is -3.10. The molecule has 184 valence electrons. The molecule has 5 rings (SSSR count). The number of benzene rings is 2. The molecule has 2 aliphatic heterocycles. The SMILES string of the molecule is Cc1c(Cl)cccc1NC(=O)N1CCN(Cc2nc3cc(C(=O)N4CCCCC4)ccc3o2)CC1. The summed E-state index contributed by atoms with van der Waals surface area (Å²) in [6, 6.07) is 10.9. The lowest BCUT2D eigenvalue weighted by Crippen LogP contribution is -2.49. The highest BCUT2D eigenvalue weighted by atomic mass is 35.5. The molecule has 0 aliphatic carbocycles. The first-order valence-corrected chi connectivity index (χ1v) is 12.6. The summed E-state index contributed by atoms with van der Waals surface area (Å²) in [6.45, 7) is 6.77. The summed E-state index contributed by atoms with van der Waals surface area (Å²) in [7, 11) is 0. The number of carbonyl (C=O) groups excluding carboxylic acids is 2. The number of fused-ring (bicyclic) bond motifs is 1. The van der Waals surface area contributed by atoms with E-state index in [-0.39, 0.29) is 11.9 Å². The van der Waals surface area contributed by atoms with Crippen molar-refractivity contribution in [2.24, 2.45) is 0 Å². The average molecular weight is 496 g/mol. The second kappa shape index (κ2) is 10.3. The highest BCUT2D eigenvalue weighted by Crippen LogP contribution is 2.24. The third-order valence-corrected chi connectivity index (χ3v) is 7.26. The van der Waals surface area contributed by atoms with Crippen molar-refractivity contribution in [1.82, 2.24) is 19.7 Å². The molecular formula is C26H30ClN5O3. The van der Waals surface area contributed by atoms with Gasteiger partial charge in [0.2, 0.25) is 5.89 Å². The number of carbonyl (C=O) groups is 2. The van der Waals surface area contributed by atoms with Crippen LogP contribution in [-0.2, 0) is 6.54 Å². The van der Waals surface area contributed by atoms with E-state index in [4.69, 9.17) is 16.0 Å². The Balaban J connectivity index is 1.17. The van der Waals surface area contributed by atoms with Crippen LogP contribution in [0.1, 0.15) is 41.1 Å². The van der Waals surface area contributed by atoms with E-state index in [0.717, 1.165) is 50.3 Å². The second-order valence-corrected chi connectivity index (χ2v) is 9.66. The zero-order chi connectivity index (χ0) is 24.4. The Morgan fingerprint density at radius 2 is 1.77 bits per heavy atom. The third-order valence-electron chi connectivity index (χ3n) is 6.85. The van der Waals surface area contributed by atoms with Gasteiger partial charge in [-0.2, -0.15) is 0 Å². The molecule has 3 amide bonds. The van der Waals surface area contributed by atoms with Crippen LogP contribution >= 0.6 is 11.6 Å². The van der Waals surface area contributed by atoms with E-state index in [1.165, 1.54) is 6.42 Å². The summed E-state index contributed by atoms with van der Waals surface area (Å²) in [5, 5.41) is 3.60. The molecule has 0 radical (unpaired) electrons. The highest BCUT2D eigenvalue weighted by Gasteiger charge is 2.24. The summed E-state index contributed by atoms with van der Waals surface area (Å²) in [5.41, 5.74) is 3.64. The lowest BCUT2D eigenvalue weighted by atomic mass is 10.1. The van der Waals surface area contributed by atoms with E-state index >= 15 is 0 Å². The number of rotatable bonds is 4. The van der Waals surface area contributed by atoms with Gasteiger partial charge in [-0.1, -0.05) is 17.7 Å². The standard InChI is InChI=1S/C26H30ClN5O3/c1-18-20(27)6-5-7-21(18)29-26(34)32-14-12-30(13-15-32)17-24-28-22-16-19(8-9-23(22)35-24)25(33)31-10-3-2-4-11-31/h5-9,16H,2-4,10-15,17H2,1H3,(H,29,34). The number of nitrogens with zero attached hydrogens (tertiary/aromatic N) is 4. The Morgan fingerprint density at radius 3 is 2.54 bits per heavy atom. The van der Waals surface area contributed by atoms with Gasteiger partial charge in [-0.25, -0.2) is 9.78 Å². The number of urea groups is 1. The predicted molar refractivity (Wildman–Crippen MR) is 136 cm³/mol. The van der Waals surface area contributed by atoms with Gasteiger partial charge in [0, 0.05) is 55.5 Å². The van der Waals surface area contributed by atoms with Gasteiger partial charge < -0.3 is 19.5 Å². The summed E-state index contributed by atoms with van der Waals surface area (Å²) in [6.07, 6.45) is 3.32. The highest BCUT2D eigenvalue weighted by molar-refractivity contribution is 6.31. The summed E-state index contributed by atoms with van der Waals surface area (Å²) < 4.78 is 5.95. The van der Waals surface area contributed by atoms with Crippen molar-refractivity contribution in [3.63, 3.8) is 0 Å². The molecule has 0 unspecified atom stereocenters. The van der Waals surface area contributed by atoms with E-state index < -0.39 is 0 Å². The third kappa shape index (κ3) is 5.28. The lowest BCUT2D eigenvalue weighted by Gasteiger charge is -2.34. The number of nitrogens with one attached hydrogen (secondary N) is 1. The van der Waals surface area contributed by atoms with Crippen molar-refractivity contribution >= 4 is 40.3 Å². The molecule has 1 aromatic heterocycles. The largest absolute Gasteiger partial charge is 0.439 e. The second-order valence-electron chi connectivity index (χ2n) is 9.25. The monoisotopic (exact) mass is 495 g/mol. The minimum Gasteiger partial charge on any atom is -0.439 e. The van der Waals surface area contributed by atoms with Crippen molar-refractivity contribution in [3.05, 3.63) is 58.4 Å². The molecule has 1 N–H and O–H groups in total. The first kappa shape index (κ1) is 23.6. The molecule has 0 saturated carbocycles. The molecule has 2 aromatic carbocycles. The van der Waals surface area contributed by atoms with Crippen molar-refractivity contribution in [1.29, 1.82) is 0 Å². The minimum atomic E-state index is -0.122. The molecule has 2 aliphatic rings. The van der Waals surface area contributed by atoms with E-state index in [0.29, 0.717) is 47.2 Å². The fourth-order valence-electron chi connectivity index (χ4n) is 4.69. The van der Waals surface area contributed by atoms with Gasteiger partial charge in [-0.15, -0.1) is 0 Å². The molecule has 2 fully saturated rings. The zero-order valence-electron chi connectivity index (χ0n) is 19.9. The molecule has 3 aromatic rings. The van der Waals surface area contributed by atoms with Crippen LogP contribution in [-0.4, -0.2) is 70.9 Å². The molecule has 0 bridgehead atoms. The van der Waals surface area contributed by atoms with Crippen molar-refractivity contribution in [2.75, 3.05) is 44.6 Å². The Labute approximate surface area is 209 Å². The average Bonchev–Trinajstić information content (AvgIpc) is 3.28. The van der Waals surface area contributed by atoms with Crippen molar-refractivity contribution in [3.8, 4) is 0 Å². The van der Waals surface area contributed by atoms with Crippen LogP contribution in [0.2, 0.25) is 5.02 Å². The maximum absolute atomic E-state index is 12.8. The number of piperazine rings is 1. The fraction of sp³-hybridized carbons (Fsp3) is 0.423. The summed E-state index contributed by atoms with van der Waals surface area (Å²) >= 11 is 6.16. The normalized spacial score (nSPS) is 17.1. The van der Waals surface area contributed by atoms with Gasteiger partial charge >= 0.3 is 6.03 Å². The lowest BCUT2D eigenvalue weighted by molar-refractivity contribution is 0.0724. The quantitative estimate of drug-likeness (QED) is 0.564. The Bertz CT molecular complexity index is 1230. The van der Waals surface area contributed by atoms with Crippen molar-refractivity contribution in [2.45, 2.75) is 32.7 Å². The first-order chi connectivity index (χ1) is 17.0. The van der Waals surface area contributed by atoms with Crippen LogP contribution in [0, 0.1) is 6.92 Å². The van der Waals surface area contributed by atoms with Crippen LogP contribution < -0.4 is 5.32 Å². The first-order valence-electron chi connectivity index (χ1n) is 12.2. The summed E-state index contributed by atoms with van der Waals surface area (Å²) in [4.78, 5) is 36.1. The van der Waals surface area contributed by atoms with Crippen LogP contribution in [0.25, 0.3) is 11.1 Å². The van der Waals surface area contributed by atoms with Gasteiger partial charge in [0.15, 0.2) is 5.58 Å². The van der Waals surface area contributed by atoms with Crippen molar-refractivity contribution < 1.29 is 14.0 Å². The number of piperidine rings is 1. The van der Waals surface area contributed by atoms with E-state index in [1.807, 2.05) is 48.2 Å². The van der Waals surface area contributed by atoms with Gasteiger partial charge in [0.05, 0.1) is 6.54 Å². The molecule has 0 atom stereocenters. The van der Waals surface area contributed by atoms with Crippen LogP contribution in [0.15, 0.2) is 40.8 Å². The molecule has 3 heterocycles. The maximum Gasteiger partial charge on any atom is 0.321 e. The molecule has 9 heteroatoms. The smallest absolute Gasteiger partial charge is 0.321 e. The topological polar surface area (TPSA) is 81.9 Å². The van der Waals surface area contributed by atoms with Crippen LogP contribution in [0.3, 0.4) is 0 Å². The van der Waals surface area contributed by atoms with Crippen LogP contribution in [0.5, 0.6) is 0 Å². The minimum absolute atomic E-state index is 0.0681. The number of oxazole rings is 1. The molecule has 8 nitrogen and oxygen atoms in total.